The number of imide groups is 1. The summed E-state index contributed by atoms with van der Waals surface area (Å²) < 4.78 is 10.8. The maximum Gasteiger partial charge on any atom is 0.328 e. The molecule has 4 amide bonds. The summed E-state index contributed by atoms with van der Waals surface area (Å²) in [5.74, 6) is 1.05. The smallest absolute Gasteiger partial charge is 0.328 e. The summed E-state index contributed by atoms with van der Waals surface area (Å²) in [6.45, 7) is 6.79. The van der Waals surface area contributed by atoms with E-state index in [4.69, 9.17) is 15.2 Å². The van der Waals surface area contributed by atoms with Crippen molar-refractivity contribution in [1.82, 2.24) is 14.7 Å². The van der Waals surface area contributed by atoms with Gasteiger partial charge in [-0.3, -0.25) is 14.5 Å². The molecule has 0 aliphatic carbocycles. The third kappa shape index (κ3) is 3.94. The van der Waals surface area contributed by atoms with Crippen LogP contribution >= 0.6 is 0 Å². The summed E-state index contributed by atoms with van der Waals surface area (Å²) in [7, 11) is 0. The quantitative estimate of drug-likeness (QED) is 0.652. The Morgan fingerprint density at radius 3 is 2.58 bits per heavy atom. The lowest BCUT2D eigenvalue weighted by atomic mass is 9.85. The van der Waals surface area contributed by atoms with Crippen LogP contribution in [0.3, 0.4) is 0 Å². The molecule has 1 aromatic rings. The molecule has 1 aromatic carbocycles. The molecule has 1 atom stereocenters. The van der Waals surface area contributed by atoms with Crippen LogP contribution in [0.2, 0.25) is 0 Å². The van der Waals surface area contributed by atoms with E-state index in [0.29, 0.717) is 25.3 Å². The van der Waals surface area contributed by atoms with Crippen LogP contribution in [0.25, 0.3) is 0 Å². The molecule has 0 saturated carbocycles. The molecule has 1 unspecified atom stereocenters. The zero-order valence-corrected chi connectivity index (χ0v) is 18.1. The van der Waals surface area contributed by atoms with Crippen molar-refractivity contribution in [2.24, 2.45) is 11.7 Å². The number of likely N-dealkylation sites (tertiary alicyclic amines) is 1. The van der Waals surface area contributed by atoms with Crippen molar-refractivity contribution in [1.29, 1.82) is 0 Å². The van der Waals surface area contributed by atoms with Crippen LogP contribution in [-0.2, 0) is 16.0 Å². The number of likely N-dealkylation sites (N-methyl/N-ethyl adjacent to an activating group) is 1. The molecule has 3 heterocycles. The number of hydrogen-bond acceptors (Lipinski definition) is 6. The van der Waals surface area contributed by atoms with Gasteiger partial charge in [0.25, 0.3) is 5.91 Å². The molecule has 1 spiro atoms. The number of rotatable bonds is 7. The number of nitrogens with two attached hydrogens (primary N) is 1. The summed E-state index contributed by atoms with van der Waals surface area (Å²) in [5, 5.41) is 0. The molecule has 3 aliphatic heterocycles. The van der Waals surface area contributed by atoms with Gasteiger partial charge >= 0.3 is 6.03 Å². The van der Waals surface area contributed by atoms with Gasteiger partial charge in [0.2, 0.25) is 12.7 Å². The van der Waals surface area contributed by atoms with Crippen molar-refractivity contribution >= 4 is 17.8 Å². The van der Waals surface area contributed by atoms with Crippen LogP contribution in [0, 0.1) is 5.92 Å². The van der Waals surface area contributed by atoms with Crippen molar-refractivity contribution in [3.63, 3.8) is 0 Å². The maximum atomic E-state index is 13.1. The van der Waals surface area contributed by atoms with E-state index in [9.17, 15) is 14.4 Å². The largest absolute Gasteiger partial charge is 0.454 e. The molecule has 9 nitrogen and oxygen atoms in total. The Balaban J connectivity index is 1.36. The second-order valence-corrected chi connectivity index (χ2v) is 8.71. The molecule has 9 heteroatoms. The molecule has 4 rings (SSSR count). The summed E-state index contributed by atoms with van der Waals surface area (Å²) in [6.07, 6.45) is 2.05. The second-order valence-electron chi connectivity index (χ2n) is 8.71. The zero-order chi connectivity index (χ0) is 22.2. The van der Waals surface area contributed by atoms with Gasteiger partial charge in [0.15, 0.2) is 11.5 Å². The fraction of sp³-hybridized carbons (Fsp3) is 0.591. The third-order valence-corrected chi connectivity index (χ3v) is 6.53. The molecule has 2 N–H and O–H groups in total. The predicted octanol–water partition coefficient (Wildman–Crippen LogP) is 1.20. The summed E-state index contributed by atoms with van der Waals surface area (Å²) in [6, 6.07) is 5.66. The number of carbonyl (C=O) groups is 3. The fourth-order valence-electron chi connectivity index (χ4n) is 5.08. The average molecular weight is 431 g/mol. The van der Waals surface area contributed by atoms with Crippen molar-refractivity contribution in [3.05, 3.63) is 23.8 Å². The topological polar surface area (TPSA) is 105 Å². The number of urea groups is 1. The van der Waals surface area contributed by atoms with Crippen LogP contribution in [0.5, 0.6) is 11.5 Å². The fourth-order valence-corrected chi connectivity index (χ4v) is 5.08. The Morgan fingerprint density at radius 2 is 1.90 bits per heavy atom. The highest BCUT2D eigenvalue weighted by Gasteiger charge is 2.57. The number of benzene rings is 1. The van der Waals surface area contributed by atoms with Crippen LogP contribution < -0.4 is 15.2 Å². The monoisotopic (exact) mass is 430 g/mol. The van der Waals surface area contributed by atoms with Crippen molar-refractivity contribution < 1.29 is 23.9 Å². The van der Waals surface area contributed by atoms with Crippen molar-refractivity contribution in [2.75, 3.05) is 39.5 Å². The van der Waals surface area contributed by atoms with E-state index in [1.165, 1.54) is 5.56 Å². The van der Waals surface area contributed by atoms with Gasteiger partial charge < -0.3 is 25.0 Å². The lowest BCUT2D eigenvalue weighted by molar-refractivity contribution is -0.137. The van der Waals surface area contributed by atoms with Gasteiger partial charge in [0.05, 0.1) is 0 Å². The van der Waals surface area contributed by atoms with E-state index in [2.05, 4.69) is 17.9 Å². The van der Waals surface area contributed by atoms with Gasteiger partial charge in [-0.2, -0.15) is 0 Å². The number of carbonyl (C=O) groups excluding carboxylic acids is 3. The van der Waals surface area contributed by atoms with Crippen molar-refractivity contribution in [3.8, 4) is 11.5 Å². The van der Waals surface area contributed by atoms with Crippen molar-refractivity contribution in [2.45, 2.75) is 38.6 Å². The van der Waals surface area contributed by atoms with Crippen LogP contribution in [0.4, 0.5) is 4.79 Å². The van der Waals surface area contributed by atoms with E-state index in [1.54, 1.807) is 4.90 Å². The van der Waals surface area contributed by atoms with E-state index in [-0.39, 0.29) is 19.2 Å². The average Bonchev–Trinajstić information content (AvgIpc) is 3.27. The van der Waals surface area contributed by atoms with Crippen LogP contribution in [-0.4, -0.2) is 77.6 Å². The normalized spacial score (nSPS) is 21.2. The number of piperidine rings is 1. The van der Waals surface area contributed by atoms with E-state index < -0.39 is 17.5 Å². The highest BCUT2D eigenvalue weighted by molar-refractivity contribution is 6.09. The number of fused-ring (bicyclic) bond motifs is 1. The van der Waals surface area contributed by atoms with Gasteiger partial charge in [0, 0.05) is 26.2 Å². The lowest BCUT2D eigenvalue weighted by Gasteiger charge is -2.42. The number of hydrogen-bond donors (Lipinski definition) is 1. The highest BCUT2D eigenvalue weighted by Crippen LogP contribution is 2.37. The standard InChI is InChI=1S/C22H30N4O5/c1-3-26-21(29)25(13-19(23)27)20(28)22(26)6-8-24(9-7-22)12-15(2)10-16-4-5-17-18(11-16)31-14-30-17/h4-5,11,15H,3,6-10,12-14H2,1-2H3,(H2,23,27). The summed E-state index contributed by atoms with van der Waals surface area (Å²) in [4.78, 5) is 42.1. The highest BCUT2D eigenvalue weighted by atomic mass is 16.7. The first-order chi connectivity index (χ1) is 14.8. The van der Waals surface area contributed by atoms with Gasteiger partial charge in [0.1, 0.15) is 12.1 Å². The summed E-state index contributed by atoms with van der Waals surface area (Å²) >= 11 is 0. The third-order valence-electron chi connectivity index (χ3n) is 6.53. The van der Waals surface area contributed by atoms with Gasteiger partial charge in [-0.25, -0.2) is 4.79 Å². The first-order valence-corrected chi connectivity index (χ1v) is 10.9. The Morgan fingerprint density at radius 1 is 1.19 bits per heavy atom. The zero-order valence-electron chi connectivity index (χ0n) is 18.1. The van der Waals surface area contributed by atoms with Crippen LogP contribution in [0.1, 0.15) is 32.3 Å². The summed E-state index contributed by atoms with van der Waals surface area (Å²) in [5.41, 5.74) is 5.61. The maximum absolute atomic E-state index is 13.1. The molecule has 2 fully saturated rings. The molecule has 2 saturated heterocycles. The van der Waals surface area contributed by atoms with E-state index >= 15 is 0 Å². The predicted molar refractivity (Wildman–Crippen MR) is 113 cm³/mol. The minimum absolute atomic E-state index is 0.275. The number of primary amides is 1. The second kappa shape index (κ2) is 8.37. The molecule has 3 aliphatic rings. The van der Waals surface area contributed by atoms with E-state index in [1.807, 2.05) is 19.1 Å². The number of nitrogens with zero attached hydrogens (tertiary/aromatic N) is 3. The molecule has 31 heavy (non-hydrogen) atoms. The van der Waals surface area contributed by atoms with E-state index in [0.717, 1.165) is 42.5 Å². The lowest BCUT2D eigenvalue weighted by Crippen LogP contribution is -2.57. The minimum atomic E-state index is -0.849. The molecule has 0 bridgehead atoms. The first-order valence-electron chi connectivity index (χ1n) is 10.9. The minimum Gasteiger partial charge on any atom is -0.454 e. The Labute approximate surface area is 182 Å². The number of ether oxygens (including phenoxy) is 2. The SMILES string of the molecule is CCN1C(=O)N(CC(N)=O)C(=O)C12CCN(CC(C)Cc1ccc3c(c1)OCO3)CC2. The molecule has 168 valence electrons. The Kier molecular flexibility index (Phi) is 5.79. The Bertz CT molecular complexity index is 881. The van der Waals surface area contributed by atoms with Gasteiger partial charge in [-0.05, 0) is 49.8 Å². The molecular weight excluding hydrogens is 400 g/mol. The molecule has 0 radical (unpaired) electrons. The Hall–Kier alpha value is -2.81. The number of amides is 4. The van der Waals surface area contributed by atoms with Gasteiger partial charge in [-0.15, -0.1) is 0 Å². The first kappa shape index (κ1) is 21.4. The molecule has 0 aromatic heterocycles. The van der Waals surface area contributed by atoms with Gasteiger partial charge in [-0.1, -0.05) is 13.0 Å². The van der Waals surface area contributed by atoms with Crippen LogP contribution in [0.15, 0.2) is 18.2 Å². The molecular formula is C22H30N4O5.